The number of allylic oxidation sites excluding steroid dienone is 4. The van der Waals surface area contributed by atoms with E-state index < -0.39 is 0 Å². The highest BCUT2D eigenvalue weighted by atomic mass is 16.6. The molecule has 2 aromatic rings. The summed E-state index contributed by atoms with van der Waals surface area (Å²) in [5, 5.41) is 0. The van der Waals surface area contributed by atoms with Gasteiger partial charge in [-0.15, -0.1) is 0 Å². The van der Waals surface area contributed by atoms with E-state index in [0.717, 1.165) is 64.5 Å². The highest BCUT2D eigenvalue weighted by Crippen LogP contribution is 2.41. The number of aliphatic imine (C=N–C) groups is 4. The lowest BCUT2D eigenvalue weighted by Crippen LogP contribution is -2.14. The molecule has 0 spiro atoms. The first kappa shape index (κ1) is 57.0. The summed E-state index contributed by atoms with van der Waals surface area (Å²) in [6.45, 7) is 21.1. The Kier molecular flexibility index (Phi) is 26.4. The fraction of sp³-hybridized carbons (Fsp3) is 0.547. The van der Waals surface area contributed by atoms with E-state index in [1.165, 1.54) is 30.6 Å². The lowest BCUT2D eigenvalue weighted by atomic mass is 9.98. The average Bonchev–Trinajstić information content (AvgIpc) is 3.99. The molecule has 3 heterocycles. The Labute approximate surface area is 414 Å². The number of benzene rings is 1. The van der Waals surface area contributed by atoms with E-state index in [9.17, 15) is 9.59 Å². The van der Waals surface area contributed by atoms with Crippen LogP contribution in [0.25, 0.3) is 6.08 Å². The molecule has 1 aromatic heterocycles. The van der Waals surface area contributed by atoms with Gasteiger partial charge in [0.05, 0.1) is 132 Å². The topological polar surface area (TPSA) is 192 Å². The van der Waals surface area contributed by atoms with Gasteiger partial charge in [-0.25, -0.2) is 4.99 Å². The molecule has 2 aliphatic heterocycles. The van der Waals surface area contributed by atoms with Crippen molar-refractivity contribution in [1.29, 1.82) is 0 Å². The zero-order valence-electron chi connectivity index (χ0n) is 42.7. The minimum Gasteiger partial charge on any atom is -0.487 e. The van der Waals surface area contributed by atoms with Gasteiger partial charge >= 0.3 is 11.9 Å². The van der Waals surface area contributed by atoms with Crippen molar-refractivity contribution in [3.63, 3.8) is 0 Å². The lowest BCUT2D eigenvalue weighted by Gasteiger charge is -2.15. The molecule has 0 radical (unpaired) electrons. The molecular formula is C53H75N5O12. The minimum absolute atomic E-state index is 0.227. The van der Waals surface area contributed by atoms with Crippen LogP contribution in [0.1, 0.15) is 89.2 Å². The summed E-state index contributed by atoms with van der Waals surface area (Å²) in [5.74, 6) is 0.287. The van der Waals surface area contributed by atoms with Crippen LogP contribution in [-0.4, -0.2) is 154 Å². The van der Waals surface area contributed by atoms with Gasteiger partial charge in [-0.05, 0) is 97.9 Å². The van der Waals surface area contributed by atoms with Crippen molar-refractivity contribution in [3.05, 3.63) is 75.3 Å². The van der Waals surface area contributed by atoms with Crippen molar-refractivity contribution in [2.24, 2.45) is 20.0 Å². The molecule has 0 saturated heterocycles. The molecule has 17 heteroatoms. The number of rotatable bonds is 36. The molecule has 17 nitrogen and oxygen atoms in total. The third kappa shape index (κ3) is 19.0. The first-order chi connectivity index (χ1) is 34.0. The van der Waals surface area contributed by atoms with E-state index in [-0.39, 0.29) is 25.2 Å². The maximum atomic E-state index is 11.6. The molecule has 384 valence electrons. The van der Waals surface area contributed by atoms with Crippen molar-refractivity contribution < 1.29 is 57.0 Å². The number of nitrogens with zero attached hydrogens (tertiary/aromatic N) is 4. The predicted molar refractivity (Wildman–Crippen MR) is 274 cm³/mol. The van der Waals surface area contributed by atoms with Crippen molar-refractivity contribution in [2.45, 2.75) is 80.1 Å². The third-order valence-corrected chi connectivity index (χ3v) is 11.3. The largest absolute Gasteiger partial charge is 0.487 e. The number of aromatic nitrogens is 1. The van der Waals surface area contributed by atoms with Gasteiger partial charge in [0.2, 0.25) is 0 Å². The van der Waals surface area contributed by atoms with E-state index in [1.54, 1.807) is 26.6 Å². The van der Waals surface area contributed by atoms with Crippen LogP contribution < -0.4 is 9.47 Å². The molecule has 0 fully saturated rings. The van der Waals surface area contributed by atoms with E-state index in [4.69, 9.17) is 67.3 Å². The minimum atomic E-state index is -0.312. The standard InChI is InChI=1S/C53H75N5O12/c1-10-42-43(11-2)46(57-45(42)12-3)31-47-44(16-14-18-68-40(7)60)38(5)51(58-47)36-56-49-33-53(70-30-28-66-26-24-64-22-20-62-9)52(69-29-27-65-25-23-63-21-19-61-8)32-48(49)55-35-50-37(4)41(34-54-50)15-13-17-67-39(6)59/h12,31-33,35-36,58H,3,10-11,13-30,34H2,1-2,4-9H3/b46-31-,55-35?,56-36?. The van der Waals surface area contributed by atoms with Gasteiger partial charge in [0, 0.05) is 45.9 Å². The predicted octanol–water partition coefficient (Wildman–Crippen LogP) is 8.60. The third-order valence-electron chi connectivity index (χ3n) is 11.3. The smallest absolute Gasteiger partial charge is 0.302 e. The number of nitrogens with one attached hydrogen (secondary N) is 1. The molecule has 2 aliphatic rings. The molecule has 0 aliphatic carbocycles. The Hall–Kier alpha value is -5.56. The van der Waals surface area contributed by atoms with Gasteiger partial charge in [0.25, 0.3) is 0 Å². The Morgan fingerprint density at radius 3 is 1.70 bits per heavy atom. The van der Waals surface area contributed by atoms with E-state index in [0.29, 0.717) is 128 Å². The van der Waals surface area contributed by atoms with Crippen LogP contribution >= 0.6 is 0 Å². The summed E-state index contributed by atoms with van der Waals surface area (Å²) in [7, 11) is 3.26. The van der Waals surface area contributed by atoms with E-state index in [1.807, 2.05) is 25.1 Å². The molecule has 1 aromatic carbocycles. The molecular weight excluding hydrogens is 899 g/mol. The zero-order chi connectivity index (χ0) is 50.5. The average molecular weight is 974 g/mol. The van der Waals surface area contributed by atoms with Crippen molar-refractivity contribution in [1.82, 2.24) is 4.98 Å². The van der Waals surface area contributed by atoms with E-state index >= 15 is 0 Å². The number of hydrogen-bond acceptors (Lipinski definition) is 16. The highest BCUT2D eigenvalue weighted by molar-refractivity contribution is 6.39. The quantitative estimate of drug-likeness (QED) is 0.0389. The summed E-state index contributed by atoms with van der Waals surface area (Å²) in [4.78, 5) is 46.4. The fourth-order valence-electron chi connectivity index (χ4n) is 7.60. The Morgan fingerprint density at radius 2 is 1.19 bits per heavy atom. The van der Waals surface area contributed by atoms with Crippen molar-refractivity contribution in [3.8, 4) is 11.5 Å². The van der Waals surface area contributed by atoms with Crippen LogP contribution in [0.2, 0.25) is 0 Å². The fourth-order valence-corrected chi connectivity index (χ4v) is 7.60. The van der Waals surface area contributed by atoms with Gasteiger partial charge in [0.15, 0.2) is 11.5 Å². The second-order valence-corrected chi connectivity index (χ2v) is 16.2. The molecule has 0 amide bonds. The number of methoxy groups -OCH3 is 2. The number of H-pyrrole nitrogens is 1. The molecule has 0 saturated carbocycles. The maximum Gasteiger partial charge on any atom is 0.302 e. The van der Waals surface area contributed by atoms with Crippen LogP contribution in [0.15, 0.2) is 72.7 Å². The van der Waals surface area contributed by atoms with E-state index in [2.05, 4.69) is 38.4 Å². The highest BCUT2D eigenvalue weighted by Gasteiger charge is 2.22. The number of carbonyl (C=O) groups is 2. The van der Waals surface area contributed by atoms with Crippen molar-refractivity contribution >= 4 is 53.2 Å². The zero-order valence-corrected chi connectivity index (χ0v) is 42.7. The molecule has 1 N–H and O–H groups in total. The first-order valence-corrected chi connectivity index (χ1v) is 24.2. The summed E-state index contributed by atoms with van der Waals surface area (Å²) in [5.41, 5.74) is 11.9. The van der Waals surface area contributed by atoms with Crippen LogP contribution in [0.4, 0.5) is 11.4 Å². The second kappa shape index (κ2) is 32.3. The van der Waals surface area contributed by atoms with Gasteiger partial charge in [0.1, 0.15) is 13.2 Å². The van der Waals surface area contributed by atoms with Crippen LogP contribution in [0, 0.1) is 6.92 Å². The number of ether oxygens (including phenoxy) is 10. The SMILES string of the molecule is C=CC1=N/C(=C\c2[nH]c(C=Nc3cc(OCCOCCOCCOC)c(OCCOCCOCCOC)cc3N=CC3=NCC(CCCOC(C)=O)=C3C)c(C)c2CCCOC(C)=O)C(CC)=C1CC. The summed E-state index contributed by atoms with van der Waals surface area (Å²) in [6.07, 6.45) is 11.9. The Balaban J connectivity index is 1.73. The molecule has 0 bridgehead atoms. The van der Waals surface area contributed by atoms with Crippen LogP contribution in [0.5, 0.6) is 11.5 Å². The molecule has 0 atom stereocenters. The molecule has 70 heavy (non-hydrogen) atoms. The molecule has 0 unspecified atom stereocenters. The number of esters is 2. The molecule has 4 rings (SSSR count). The first-order valence-electron chi connectivity index (χ1n) is 24.2. The monoisotopic (exact) mass is 974 g/mol. The Morgan fingerprint density at radius 1 is 0.671 bits per heavy atom. The van der Waals surface area contributed by atoms with Crippen LogP contribution in [0.3, 0.4) is 0 Å². The van der Waals surface area contributed by atoms with Gasteiger partial charge in [-0.1, -0.05) is 20.4 Å². The number of aromatic amines is 1. The second-order valence-electron chi connectivity index (χ2n) is 16.2. The lowest BCUT2D eigenvalue weighted by molar-refractivity contribution is -0.142. The van der Waals surface area contributed by atoms with Gasteiger partial charge in [-0.3, -0.25) is 24.6 Å². The van der Waals surface area contributed by atoms with Crippen LogP contribution in [-0.2, 0) is 53.9 Å². The van der Waals surface area contributed by atoms with Gasteiger partial charge in [-0.2, -0.15) is 0 Å². The number of carbonyl (C=O) groups excluding carboxylic acids is 2. The maximum absolute atomic E-state index is 11.6. The van der Waals surface area contributed by atoms with Gasteiger partial charge < -0.3 is 52.4 Å². The summed E-state index contributed by atoms with van der Waals surface area (Å²) in [6, 6.07) is 3.62. The Bertz CT molecular complexity index is 2240. The normalized spacial score (nSPS) is 14.4. The summed E-state index contributed by atoms with van der Waals surface area (Å²) >= 11 is 0. The van der Waals surface area contributed by atoms with Crippen molar-refractivity contribution in [2.75, 3.05) is 113 Å². The number of hydrogen-bond donors (Lipinski definition) is 1. The summed E-state index contributed by atoms with van der Waals surface area (Å²) < 4.78 is 55.9.